The van der Waals surface area contributed by atoms with Gasteiger partial charge in [-0.2, -0.15) is 0 Å². The van der Waals surface area contributed by atoms with Crippen LogP contribution < -0.4 is 0 Å². The first kappa shape index (κ1) is 27.2. The van der Waals surface area contributed by atoms with E-state index in [1.165, 1.54) is 96.3 Å². The van der Waals surface area contributed by atoms with E-state index in [0.717, 1.165) is 12.8 Å². The molecule has 2 nitrogen and oxygen atoms in total. The van der Waals surface area contributed by atoms with Gasteiger partial charge < -0.3 is 5.11 Å². The van der Waals surface area contributed by atoms with Gasteiger partial charge in [0.15, 0.2) is 0 Å². The van der Waals surface area contributed by atoms with Gasteiger partial charge in [-0.15, -0.1) is 0 Å². The number of carboxylic acids is 1. The Labute approximate surface area is 172 Å². The Hall–Kier alpha value is -0.0497. The molecule has 0 rings (SSSR count). The van der Waals surface area contributed by atoms with Crippen molar-refractivity contribution >= 4 is 5.97 Å². The SMILES string of the molecule is CCCCCCCCC=CCCCCCCCCCCCC(=O)O.[Ag]. The van der Waals surface area contributed by atoms with Crippen LogP contribution in [0, 0.1) is 0 Å². The maximum absolute atomic E-state index is 10.4. The van der Waals surface area contributed by atoms with Crippen LogP contribution in [0.1, 0.15) is 122 Å². The second-order valence-corrected chi connectivity index (χ2v) is 7.14. The maximum atomic E-state index is 10.4. The zero-order chi connectivity index (χ0) is 17.7. The first-order valence-corrected chi connectivity index (χ1v) is 10.6. The second kappa shape index (κ2) is 24.0. The number of rotatable bonds is 19. The Kier molecular flexibility index (Phi) is 26.0. The number of carboxylic acid groups (broad SMARTS) is 1. The van der Waals surface area contributed by atoms with Crippen LogP contribution in [-0.4, -0.2) is 11.1 Å². The van der Waals surface area contributed by atoms with Gasteiger partial charge in [0, 0.05) is 28.8 Å². The Bertz CT molecular complexity index is 290. The molecule has 153 valence electrons. The van der Waals surface area contributed by atoms with E-state index in [9.17, 15) is 4.79 Å². The molecule has 0 aliphatic heterocycles. The smallest absolute Gasteiger partial charge is 0.303 e. The Morgan fingerprint density at radius 3 is 1.40 bits per heavy atom. The van der Waals surface area contributed by atoms with E-state index in [4.69, 9.17) is 5.11 Å². The van der Waals surface area contributed by atoms with Crippen molar-refractivity contribution in [1.29, 1.82) is 0 Å². The summed E-state index contributed by atoms with van der Waals surface area (Å²) < 4.78 is 0. The molecule has 0 aromatic heterocycles. The molecule has 0 aromatic rings. The van der Waals surface area contributed by atoms with Gasteiger partial charge >= 0.3 is 5.97 Å². The predicted molar refractivity (Wildman–Crippen MR) is 106 cm³/mol. The van der Waals surface area contributed by atoms with Gasteiger partial charge in [-0.1, -0.05) is 96.1 Å². The molecule has 0 fully saturated rings. The molecule has 0 saturated carbocycles. The van der Waals surface area contributed by atoms with Crippen molar-refractivity contribution in [2.24, 2.45) is 0 Å². The number of allylic oxidation sites excluding steroid dienone is 2. The number of unbranched alkanes of at least 4 members (excludes halogenated alkanes) is 15. The summed E-state index contributed by atoms with van der Waals surface area (Å²) >= 11 is 0. The number of aliphatic carboxylic acids is 1. The van der Waals surface area contributed by atoms with Crippen LogP contribution in [-0.2, 0) is 27.2 Å². The summed E-state index contributed by atoms with van der Waals surface area (Å²) in [6.45, 7) is 2.27. The van der Waals surface area contributed by atoms with Crippen molar-refractivity contribution in [2.45, 2.75) is 122 Å². The quantitative estimate of drug-likeness (QED) is 0.126. The molecule has 0 aromatic carbocycles. The predicted octanol–water partition coefficient (Wildman–Crippen LogP) is 7.67. The van der Waals surface area contributed by atoms with Gasteiger partial charge in [-0.05, 0) is 32.1 Å². The molecule has 0 atom stereocenters. The molecule has 25 heavy (non-hydrogen) atoms. The largest absolute Gasteiger partial charge is 0.481 e. The van der Waals surface area contributed by atoms with Gasteiger partial charge in [-0.25, -0.2) is 0 Å². The summed E-state index contributed by atoms with van der Waals surface area (Å²) in [5.74, 6) is -0.656. The molecule has 1 radical (unpaired) electrons. The van der Waals surface area contributed by atoms with E-state index < -0.39 is 5.97 Å². The standard InChI is InChI=1S/C22H42O2.Ag/c1-2-3-4-5-6-7-8-9-10-11-12-13-14-15-16-17-18-19-20-21-22(23)24;/h9-10H,2-8,11-21H2,1H3,(H,23,24);. The van der Waals surface area contributed by atoms with Gasteiger partial charge in [0.05, 0.1) is 0 Å². The number of hydrogen-bond acceptors (Lipinski definition) is 1. The van der Waals surface area contributed by atoms with Gasteiger partial charge in [0.25, 0.3) is 0 Å². The van der Waals surface area contributed by atoms with Crippen molar-refractivity contribution in [1.82, 2.24) is 0 Å². The molecule has 0 aliphatic rings. The number of hydrogen-bond donors (Lipinski definition) is 1. The average molecular weight is 446 g/mol. The molecule has 0 unspecified atom stereocenters. The second-order valence-electron chi connectivity index (χ2n) is 7.14. The fourth-order valence-electron chi connectivity index (χ4n) is 3.05. The van der Waals surface area contributed by atoms with Crippen LogP contribution in [0.15, 0.2) is 12.2 Å². The van der Waals surface area contributed by atoms with Crippen LogP contribution in [0.5, 0.6) is 0 Å². The molecule has 0 saturated heterocycles. The van der Waals surface area contributed by atoms with Crippen molar-refractivity contribution < 1.29 is 32.3 Å². The summed E-state index contributed by atoms with van der Waals surface area (Å²) in [4.78, 5) is 10.4. The topological polar surface area (TPSA) is 37.3 Å². The monoisotopic (exact) mass is 445 g/mol. The van der Waals surface area contributed by atoms with Crippen LogP contribution in [0.25, 0.3) is 0 Å². The first-order chi connectivity index (χ1) is 11.8. The van der Waals surface area contributed by atoms with Crippen LogP contribution in [0.4, 0.5) is 0 Å². The number of carbonyl (C=O) groups is 1. The van der Waals surface area contributed by atoms with Crippen molar-refractivity contribution in [3.8, 4) is 0 Å². The van der Waals surface area contributed by atoms with Gasteiger partial charge in [0.1, 0.15) is 0 Å². The summed E-state index contributed by atoms with van der Waals surface area (Å²) in [6, 6.07) is 0. The van der Waals surface area contributed by atoms with Gasteiger partial charge in [0.2, 0.25) is 0 Å². The molecule has 0 amide bonds. The third-order valence-corrected chi connectivity index (χ3v) is 4.65. The molecular weight excluding hydrogens is 404 g/mol. The molecule has 0 aliphatic carbocycles. The van der Waals surface area contributed by atoms with E-state index in [-0.39, 0.29) is 22.4 Å². The first-order valence-electron chi connectivity index (χ1n) is 10.6. The molecule has 1 N–H and O–H groups in total. The minimum Gasteiger partial charge on any atom is -0.481 e. The molecule has 3 heteroatoms. The van der Waals surface area contributed by atoms with E-state index in [1.807, 2.05) is 0 Å². The minimum atomic E-state index is -0.656. The molecular formula is C22H42AgO2. The third-order valence-electron chi connectivity index (χ3n) is 4.65. The van der Waals surface area contributed by atoms with Crippen LogP contribution in [0.3, 0.4) is 0 Å². The van der Waals surface area contributed by atoms with E-state index >= 15 is 0 Å². The zero-order valence-electron chi connectivity index (χ0n) is 16.5. The normalized spacial score (nSPS) is 10.9. The Balaban J connectivity index is 0. The van der Waals surface area contributed by atoms with E-state index in [0.29, 0.717) is 6.42 Å². The summed E-state index contributed by atoms with van der Waals surface area (Å²) in [7, 11) is 0. The zero-order valence-corrected chi connectivity index (χ0v) is 18.0. The van der Waals surface area contributed by atoms with Crippen LogP contribution in [0.2, 0.25) is 0 Å². The van der Waals surface area contributed by atoms with Crippen molar-refractivity contribution in [3.63, 3.8) is 0 Å². The van der Waals surface area contributed by atoms with Crippen LogP contribution >= 0.6 is 0 Å². The Morgan fingerprint density at radius 2 is 1.00 bits per heavy atom. The fraction of sp³-hybridized carbons (Fsp3) is 0.864. The van der Waals surface area contributed by atoms with Crippen molar-refractivity contribution in [3.05, 3.63) is 12.2 Å². The van der Waals surface area contributed by atoms with E-state index in [2.05, 4.69) is 19.1 Å². The minimum absolute atomic E-state index is 0. The Morgan fingerprint density at radius 1 is 0.640 bits per heavy atom. The molecule has 0 heterocycles. The van der Waals surface area contributed by atoms with Crippen molar-refractivity contribution in [2.75, 3.05) is 0 Å². The molecule has 0 spiro atoms. The fourth-order valence-corrected chi connectivity index (χ4v) is 3.05. The summed E-state index contributed by atoms with van der Waals surface area (Å²) in [6.07, 6.45) is 27.1. The molecule has 0 bridgehead atoms. The summed E-state index contributed by atoms with van der Waals surface area (Å²) in [5, 5.41) is 8.55. The summed E-state index contributed by atoms with van der Waals surface area (Å²) in [5.41, 5.74) is 0. The van der Waals surface area contributed by atoms with Gasteiger partial charge in [-0.3, -0.25) is 4.79 Å². The third kappa shape index (κ3) is 26.3. The maximum Gasteiger partial charge on any atom is 0.303 e. The van der Waals surface area contributed by atoms with E-state index in [1.54, 1.807) is 0 Å². The average Bonchev–Trinajstić information content (AvgIpc) is 2.56.